The van der Waals surface area contributed by atoms with Gasteiger partial charge in [0, 0.05) is 10.6 Å². The molecule has 4 heteroatoms. The SMILES string of the molecule is N#CC(=NN)c1ccc(Cl)cc1. The number of nitrogens with two attached hydrogens (primary N) is 1. The van der Waals surface area contributed by atoms with Crippen molar-refractivity contribution in [1.82, 2.24) is 0 Å². The molecular weight excluding hydrogens is 174 g/mol. The van der Waals surface area contributed by atoms with Crippen LogP contribution in [0.4, 0.5) is 0 Å². The van der Waals surface area contributed by atoms with E-state index < -0.39 is 0 Å². The summed E-state index contributed by atoms with van der Waals surface area (Å²) in [5, 5.41) is 12.5. The maximum atomic E-state index is 8.55. The number of hydrogen-bond acceptors (Lipinski definition) is 3. The smallest absolute Gasteiger partial charge is 0.167 e. The molecule has 0 heterocycles. The minimum Gasteiger partial charge on any atom is -0.322 e. The van der Waals surface area contributed by atoms with Crippen LogP contribution in [0.25, 0.3) is 0 Å². The fourth-order valence-corrected chi connectivity index (χ4v) is 0.902. The predicted octanol–water partition coefficient (Wildman–Crippen LogP) is 1.53. The van der Waals surface area contributed by atoms with Gasteiger partial charge in [-0.2, -0.15) is 10.4 Å². The average Bonchev–Trinajstić information content (AvgIpc) is 2.10. The Morgan fingerprint density at radius 2 is 2.00 bits per heavy atom. The van der Waals surface area contributed by atoms with E-state index in [9.17, 15) is 0 Å². The van der Waals surface area contributed by atoms with Crippen LogP contribution in [0.3, 0.4) is 0 Å². The zero-order chi connectivity index (χ0) is 8.97. The van der Waals surface area contributed by atoms with Gasteiger partial charge >= 0.3 is 0 Å². The predicted molar refractivity (Wildman–Crippen MR) is 47.8 cm³/mol. The van der Waals surface area contributed by atoms with Gasteiger partial charge in [0.2, 0.25) is 0 Å². The number of rotatable bonds is 1. The molecule has 12 heavy (non-hydrogen) atoms. The Morgan fingerprint density at radius 1 is 1.42 bits per heavy atom. The molecule has 0 bridgehead atoms. The van der Waals surface area contributed by atoms with E-state index in [0.717, 1.165) is 0 Å². The van der Waals surface area contributed by atoms with Crippen LogP contribution in [-0.4, -0.2) is 5.71 Å². The van der Waals surface area contributed by atoms with Crippen molar-refractivity contribution >= 4 is 17.3 Å². The third kappa shape index (κ3) is 1.74. The summed E-state index contributed by atoms with van der Waals surface area (Å²) >= 11 is 5.65. The van der Waals surface area contributed by atoms with Gasteiger partial charge in [0.05, 0.1) is 0 Å². The van der Waals surface area contributed by atoms with Gasteiger partial charge in [-0.15, -0.1) is 0 Å². The lowest BCUT2D eigenvalue weighted by Crippen LogP contribution is -2.00. The first-order valence-electron chi connectivity index (χ1n) is 3.22. The molecule has 0 aliphatic rings. The Hall–Kier alpha value is -1.53. The first-order chi connectivity index (χ1) is 5.77. The molecule has 0 unspecified atom stereocenters. The zero-order valence-electron chi connectivity index (χ0n) is 6.16. The van der Waals surface area contributed by atoms with E-state index in [4.69, 9.17) is 22.7 Å². The van der Waals surface area contributed by atoms with Crippen LogP contribution in [0, 0.1) is 11.3 Å². The molecule has 0 amide bonds. The molecule has 60 valence electrons. The molecule has 0 radical (unpaired) electrons. The molecular formula is C8H6ClN3. The monoisotopic (exact) mass is 179 g/mol. The first-order valence-corrected chi connectivity index (χ1v) is 3.59. The van der Waals surface area contributed by atoms with Gasteiger partial charge in [-0.05, 0) is 12.1 Å². The van der Waals surface area contributed by atoms with Crippen LogP contribution in [0.15, 0.2) is 29.4 Å². The van der Waals surface area contributed by atoms with Crippen molar-refractivity contribution in [3.05, 3.63) is 34.9 Å². The standard InChI is InChI=1S/C8H6ClN3/c9-7-3-1-6(2-4-7)8(5-10)12-11/h1-4H,11H2. The average molecular weight is 180 g/mol. The maximum absolute atomic E-state index is 8.55. The lowest BCUT2D eigenvalue weighted by atomic mass is 10.1. The highest BCUT2D eigenvalue weighted by atomic mass is 35.5. The van der Waals surface area contributed by atoms with Crippen LogP contribution in [0.2, 0.25) is 5.02 Å². The van der Waals surface area contributed by atoms with E-state index >= 15 is 0 Å². The lowest BCUT2D eigenvalue weighted by Gasteiger charge is -1.95. The molecule has 0 saturated carbocycles. The molecule has 1 rings (SSSR count). The molecule has 1 aromatic carbocycles. The lowest BCUT2D eigenvalue weighted by molar-refractivity contribution is 1.25. The van der Waals surface area contributed by atoms with Gasteiger partial charge in [-0.3, -0.25) is 0 Å². The topological polar surface area (TPSA) is 62.2 Å². The second-order valence-electron chi connectivity index (χ2n) is 2.10. The third-order valence-corrected chi connectivity index (χ3v) is 1.60. The summed E-state index contributed by atoms with van der Waals surface area (Å²) in [6.45, 7) is 0. The van der Waals surface area contributed by atoms with Crippen molar-refractivity contribution in [2.45, 2.75) is 0 Å². The highest BCUT2D eigenvalue weighted by molar-refractivity contribution is 6.30. The van der Waals surface area contributed by atoms with Gasteiger partial charge in [-0.25, -0.2) is 0 Å². The minimum atomic E-state index is 0.201. The number of hydrogen-bond donors (Lipinski definition) is 1. The van der Waals surface area contributed by atoms with Crippen molar-refractivity contribution < 1.29 is 0 Å². The highest BCUT2D eigenvalue weighted by Crippen LogP contribution is 2.09. The maximum Gasteiger partial charge on any atom is 0.167 e. The number of hydrazone groups is 1. The van der Waals surface area contributed by atoms with Crippen LogP contribution >= 0.6 is 11.6 Å². The van der Waals surface area contributed by atoms with Crippen LogP contribution in [0.5, 0.6) is 0 Å². The van der Waals surface area contributed by atoms with E-state index in [0.29, 0.717) is 10.6 Å². The van der Waals surface area contributed by atoms with E-state index in [1.165, 1.54) is 0 Å². The molecule has 3 nitrogen and oxygen atoms in total. The Bertz CT molecular complexity index is 334. The summed E-state index contributed by atoms with van der Waals surface area (Å²) in [7, 11) is 0. The van der Waals surface area contributed by atoms with Crippen LogP contribution in [-0.2, 0) is 0 Å². The van der Waals surface area contributed by atoms with Gasteiger partial charge in [-0.1, -0.05) is 23.7 Å². The first kappa shape index (κ1) is 8.57. The molecule has 1 aromatic rings. The van der Waals surface area contributed by atoms with Crippen molar-refractivity contribution in [2.24, 2.45) is 10.9 Å². The Labute approximate surface area is 75.1 Å². The summed E-state index contributed by atoms with van der Waals surface area (Å²) in [6, 6.07) is 8.61. The number of nitriles is 1. The Balaban J connectivity index is 3.06. The van der Waals surface area contributed by atoms with Crippen LogP contribution < -0.4 is 5.84 Å². The Kier molecular flexibility index (Phi) is 2.67. The molecule has 0 atom stereocenters. The fourth-order valence-electron chi connectivity index (χ4n) is 0.776. The second-order valence-corrected chi connectivity index (χ2v) is 2.53. The molecule has 2 N–H and O–H groups in total. The second kappa shape index (κ2) is 3.74. The molecule has 0 fully saturated rings. The van der Waals surface area contributed by atoms with E-state index in [1.807, 2.05) is 6.07 Å². The van der Waals surface area contributed by atoms with E-state index in [-0.39, 0.29) is 5.71 Å². The van der Waals surface area contributed by atoms with Crippen LogP contribution in [0.1, 0.15) is 5.56 Å². The summed E-state index contributed by atoms with van der Waals surface area (Å²) < 4.78 is 0. The zero-order valence-corrected chi connectivity index (χ0v) is 6.92. The van der Waals surface area contributed by atoms with Crippen molar-refractivity contribution in [1.29, 1.82) is 5.26 Å². The number of benzene rings is 1. The van der Waals surface area contributed by atoms with Gasteiger partial charge in [0.25, 0.3) is 0 Å². The van der Waals surface area contributed by atoms with E-state index in [2.05, 4.69) is 5.10 Å². The number of halogens is 1. The molecule has 0 saturated heterocycles. The van der Waals surface area contributed by atoms with Crippen molar-refractivity contribution in [2.75, 3.05) is 0 Å². The quantitative estimate of drug-likeness (QED) is 0.404. The summed E-state index contributed by atoms with van der Waals surface area (Å²) in [4.78, 5) is 0. The number of nitrogens with zero attached hydrogens (tertiary/aromatic N) is 2. The minimum absolute atomic E-state index is 0.201. The van der Waals surface area contributed by atoms with Gasteiger partial charge in [0.15, 0.2) is 5.71 Å². The molecule has 0 spiro atoms. The van der Waals surface area contributed by atoms with E-state index in [1.54, 1.807) is 24.3 Å². The molecule has 0 aliphatic carbocycles. The summed E-state index contributed by atoms with van der Waals surface area (Å²) in [5.41, 5.74) is 0.871. The van der Waals surface area contributed by atoms with Gasteiger partial charge in [0.1, 0.15) is 6.07 Å². The summed E-state index contributed by atoms with van der Waals surface area (Å²) in [5.74, 6) is 4.99. The highest BCUT2D eigenvalue weighted by Gasteiger charge is 1.99. The fraction of sp³-hybridized carbons (Fsp3) is 0. The van der Waals surface area contributed by atoms with Gasteiger partial charge < -0.3 is 5.84 Å². The third-order valence-electron chi connectivity index (χ3n) is 1.35. The molecule has 0 aromatic heterocycles. The van der Waals surface area contributed by atoms with Crippen molar-refractivity contribution in [3.63, 3.8) is 0 Å². The largest absolute Gasteiger partial charge is 0.322 e. The summed E-state index contributed by atoms with van der Waals surface area (Å²) in [6.07, 6.45) is 0. The molecule has 0 aliphatic heterocycles. The van der Waals surface area contributed by atoms with Crippen molar-refractivity contribution in [3.8, 4) is 6.07 Å². The normalized spacial score (nSPS) is 10.8. The Morgan fingerprint density at radius 3 is 2.42 bits per heavy atom.